The molecule has 0 saturated carbocycles. The van der Waals surface area contributed by atoms with Gasteiger partial charge in [0.25, 0.3) is 0 Å². The van der Waals surface area contributed by atoms with E-state index in [0.717, 1.165) is 36.5 Å². The number of halogens is 1. The second kappa shape index (κ2) is 7.14. The van der Waals surface area contributed by atoms with Gasteiger partial charge in [0.05, 0.1) is 5.02 Å². The summed E-state index contributed by atoms with van der Waals surface area (Å²) in [6.45, 7) is 1.80. The molecule has 1 heterocycles. The van der Waals surface area contributed by atoms with E-state index in [2.05, 4.69) is 34.6 Å². The van der Waals surface area contributed by atoms with Crippen LogP contribution in [0.5, 0.6) is 0 Å². The predicted molar refractivity (Wildman–Crippen MR) is 75.7 cm³/mol. The van der Waals surface area contributed by atoms with E-state index in [4.69, 9.17) is 11.6 Å². The Hall–Kier alpha value is -1.38. The number of pyridine rings is 1. The standard InChI is InChI=1S/C15H17ClN2/c16-15-12-18-10-8-14(15)11-17-9-4-7-13-5-2-1-3-6-13/h1-3,5-6,8,10,12,17H,4,7,9,11H2. The third-order valence-corrected chi connectivity index (χ3v) is 3.17. The van der Waals surface area contributed by atoms with Crippen LogP contribution in [0.2, 0.25) is 5.02 Å². The monoisotopic (exact) mass is 260 g/mol. The molecule has 1 aromatic carbocycles. The molecule has 0 bridgehead atoms. The van der Waals surface area contributed by atoms with Crippen LogP contribution in [0.1, 0.15) is 17.5 Å². The van der Waals surface area contributed by atoms with Crippen LogP contribution in [0.25, 0.3) is 0 Å². The molecule has 2 rings (SSSR count). The fourth-order valence-corrected chi connectivity index (χ4v) is 2.02. The van der Waals surface area contributed by atoms with Crippen molar-refractivity contribution < 1.29 is 0 Å². The third-order valence-electron chi connectivity index (χ3n) is 2.83. The van der Waals surface area contributed by atoms with Gasteiger partial charge in [0.2, 0.25) is 0 Å². The molecule has 0 aliphatic heterocycles. The topological polar surface area (TPSA) is 24.9 Å². The molecule has 94 valence electrons. The summed E-state index contributed by atoms with van der Waals surface area (Å²) in [5.74, 6) is 0. The molecule has 18 heavy (non-hydrogen) atoms. The van der Waals surface area contributed by atoms with E-state index < -0.39 is 0 Å². The zero-order chi connectivity index (χ0) is 12.6. The molecular formula is C15H17ClN2. The maximum Gasteiger partial charge on any atom is 0.0634 e. The number of rotatable bonds is 6. The summed E-state index contributed by atoms with van der Waals surface area (Å²) in [5, 5.41) is 4.13. The SMILES string of the molecule is Clc1cnccc1CNCCCc1ccccc1. The largest absolute Gasteiger partial charge is 0.313 e. The predicted octanol–water partition coefficient (Wildman–Crippen LogP) is 3.46. The summed E-state index contributed by atoms with van der Waals surface area (Å²) >= 11 is 6.03. The normalized spacial score (nSPS) is 10.5. The number of aryl methyl sites for hydroxylation is 1. The Morgan fingerprint density at radius 1 is 1.11 bits per heavy atom. The molecule has 2 nitrogen and oxygen atoms in total. The lowest BCUT2D eigenvalue weighted by molar-refractivity contribution is 0.649. The van der Waals surface area contributed by atoms with Gasteiger partial charge in [0.1, 0.15) is 0 Å². The van der Waals surface area contributed by atoms with Gasteiger partial charge >= 0.3 is 0 Å². The molecule has 1 aromatic heterocycles. The summed E-state index contributed by atoms with van der Waals surface area (Å²) in [6.07, 6.45) is 5.69. The average Bonchev–Trinajstić information content (AvgIpc) is 2.42. The number of benzene rings is 1. The molecule has 0 fully saturated rings. The van der Waals surface area contributed by atoms with Gasteiger partial charge in [-0.3, -0.25) is 4.98 Å². The summed E-state index contributed by atoms with van der Waals surface area (Å²) < 4.78 is 0. The first kappa shape index (κ1) is 13.1. The number of nitrogens with zero attached hydrogens (tertiary/aromatic N) is 1. The Morgan fingerprint density at radius 2 is 1.94 bits per heavy atom. The van der Waals surface area contributed by atoms with Crippen molar-refractivity contribution in [2.45, 2.75) is 19.4 Å². The summed E-state index contributed by atoms with van der Waals surface area (Å²) in [7, 11) is 0. The van der Waals surface area contributed by atoms with Crippen LogP contribution < -0.4 is 5.32 Å². The molecular weight excluding hydrogens is 244 g/mol. The first-order chi connectivity index (χ1) is 8.86. The van der Waals surface area contributed by atoms with E-state index in [-0.39, 0.29) is 0 Å². The van der Waals surface area contributed by atoms with Crippen LogP contribution in [0.15, 0.2) is 48.8 Å². The van der Waals surface area contributed by atoms with Gasteiger partial charge in [-0.25, -0.2) is 0 Å². The van der Waals surface area contributed by atoms with Crippen LogP contribution >= 0.6 is 11.6 Å². The fourth-order valence-electron chi connectivity index (χ4n) is 1.83. The van der Waals surface area contributed by atoms with Crippen molar-refractivity contribution >= 4 is 11.6 Å². The van der Waals surface area contributed by atoms with E-state index in [1.165, 1.54) is 5.56 Å². The van der Waals surface area contributed by atoms with Gasteiger partial charge in [-0.1, -0.05) is 41.9 Å². The molecule has 0 unspecified atom stereocenters. The van der Waals surface area contributed by atoms with E-state index in [0.29, 0.717) is 0 Å². The van der Waals surface area contributed by atoms with Gasteiger partial charge in [0.15, 0.2) is 0 Å². The lowest BCUT2D eigenvalue weighted by atomic mass is 10.1. The first-order valence-corrected chi connectivity index (χ1v) is 6.57. The fraction of sp³-hybridized carbons (Fsp3) is 0.267. The first-order valence-electron chi connectivity index (χ1n) is 6.19. The highest BCUT2D eigenvalue weighted by Crippen LogP contribution is 2.12. The summed E-state index contributed by atoms with van der Waals surface area (Å²) in [5.41, 5.74) is 2.49. The minimum Gasteiger partial charge on any atom is -0.313 e. The second-order valence-electron chi connectivity index (χ2n) is 4.23. The highest BCUT2D eigenvalue weighted by atomic mass is 35.5. The number of hydrogen-bond acceptors (Lipinski definition) is 2. The van der Waals surface area contributed by atoms with Gasteiger partial charge < -0.3 is 5.32 Å². The van der Waals surface area contributed by atoms with Crippen molar-refractivity contribution in [2.75, 3.05) is 6.54 Å². The van der Waals surface area contributed by atoms with Crippen LogP contribution in [-0.4, -0.2) is 11.5 Å². The lowest BCUT2D eigenvalue weighted by Crippen LogP contribution is -2.15. The molecule has 0 amide bonds. The molecule has 1 N–H and O–H groups in total. The minimum atomic E-state index is 0.730. The highest BCUT2D eigenvalue weighted by Gasteiger charge is 1.98. The van der Waals surface area contributed by atoms with Gasteiger partial charge in [-0.15, -0.1) is 0 Å². The Kier molecular flexibility index (Phi) is 5.18. The quantitative estimate of drug-likeness (QED) is 0.805. The average molecular weight is 261 g/mol. The smallest absolute Gasteiger partial charge is 0.0634 e. The summed E-state index contributed by atoms with van der Waals surface area (Å²) in [6, 6.07) is 12.5. The zero-order valence-corrected chi connectivity index (χ0v) is 11.0. The zero-order valence-electron chi connectivity index (χ0n) is 10.3. The van der Waals surface area contributed by atoms with Gasteiger partial charge in [-0.2, -0.15) is 0 Å². The van der Waals surface area contributed by atoms with Crippen molar-refractivity contribution in [1.82, 2.24) is 10.3 Å². The van der Waals surface area contributed by atoms with Gasteiger partial charge in [-0.05, 0) is 36.6 Å². The van der Waals surface area contributed by atoms with E-state index >= 15 is 0 Å². The van der Waals surface area contributed by atoms with Crippen molar-refractivity contribution in [3.05, 3.63) is 64.9 Å². The highest BCUT2D eigenvalue weighted by molar-refractivity contribution is 6.31. The number of aromatic nitrogens is 1. The minimum absolute atomic E-state index is 0.730. The second-order valence-corrected chi connectivity index (χ2v) is 4.64. The lowest BCUT2D eigenvalue weighted by Gasteiger charge is -2.06. The van der Waals surface area contributed by atoms with Crippen LogP contribution in [0.3, 0.4) is 0 Å². The third kappa shape index (κ3) is 4.13. The molecule has 2 aromatic rings. The number of nitrogens with one attached hydrogen (secondary N) is 1. The molecule has 0 spiro atoms. The van der Waals surface area contributed by atoms with Crippen LogP contribution in [0, 0.1) is 0 Å². The Bertz CT molecular complexity index is 471. The molecule has 3 heteroatoms. The van der Waals surface area contributed by atoms with Crippen LogP contribution in [0.4, 0.5) is 0 Å². The molecule has 0 radical (unpaired) electrons. The van der Waals surface area contributed by atoms with Crippen molar-refractivity contribution in [2.24, 2.45) is 0 Å². The van der Waals surface area contributed by atoms with E-state index in [1.54, 1.807) is 12.4 Å². The maximum atomic E-state index is 6.03. The van der Waals surface area contributed by atoms with Gasteiger partial charge in [0, 0.05) is 18.9 Å². The Labute approximate surface area is 113 Å². The van der Waals surface area contributed by atoms with Crippen molar-refractivity contribution in [1.29, 1.82) is 0 Å². The van der Waals surface area contributed by atoms with Crippen molar-refractivity contribution in [3.8, 4) is 0 Å². The van der Waals surface area contributed by atoms with Crippen LogP contribution in [-0.2, 0) is 13.0 Å². The summed E-state index contributed by atoms with van der Waals surface area (Å²) in [4.78, 5) is 3.97. The van der Waals surface area contributed by atoms with E-state index in [9.17, 15) is 0 Å². The Balaban J connectivity index is 1.66. The molecule has 0 atom stereocenters. The van der Waals surface area contributed by atoms with Crippen molar-refractivity contribution in [3.63, 3.8) is 0 Å². The van der Waals surface area contributed by atoms with E-state index in [1.807, 2.05) is 12.1 Å². The Morgan fingerprint density at radius 3 is 2.72 bits per heavy atom. The molecule has 0 saturated heterocycles. The molecule has 0 aliphatic rings. The number of hydrogen-bond donors (Lipinski definition) is 1. The molecule has 0 aliphatic carbocycles. The maximum absolute atomic E-state index is 6.03.